The lowest BCUT2D eigenvalue weighted by Gasteiger charge is -2.28. The molecule has 0 aromatic carbocycles. The predicted octanol–water partition coefficient (Wildman–Crippen LogP) is 1.99. The Bertz CT molecular complexity index is 392. The number of rotatable bonds is 5. The summed E-state index contributed by atoms with van der Waals surface area (Å²) in [6, 6.07) is 4.30. The minimum atomic E-state index is 0.0230. The van der Waals surface area contributed by atoms with E-state index in [0.717, 1.165) is 18.2 Å². The normalized spacial score (nSPS) is 15.0. The summed E-state index contributed by atoms with van der Waals surface area (Å²) < 4.78 is 0. The number of hydrogen-bond acceptors (Lipinski definition) is 3. The molecule has 1 aromatic heterocycles. The van der Waals surface area contributed by atoms with Gasteiger partial charge in [-0.15, -0.1) is 0 Å². The monoisotopic (exact) mass is 232 g/mol. The van der Waals surface area contributed by atoms with Crippen molar-refractivity contribution < 1.29 is 0 Å². The van der Waals surface area contributed by atoms with Crippen molar-refractivity contribution in [3.05, 3.63) is 24.0 Å². The van der Waals surface area contributed by atoms with E-state index >= 15 is 0 Å². The average Bonchev–Trinajstić information content (AvgIpc) is 3.09. The van der Waals surface area contributed by atoms with Crippen LogP contribution in [0.25, 0.3) is 0 Å². The van der Waals surface area contributed by atoms with Gasteiger partial charge in [0.05, 0.1) is 11.9 Å². The SMILES string of the molecule is CC(C)N(CC1CC1)c1ccc(C(=N)N)nc1. The van der Waals surface area contributed by atoms with Crippen LogP contribution in [-0.2, 0) is 0 Å². The maximum absolute atomic E-state index is 7.32. The van der Waals surface area contributed by atoms with E-state index < -0.39 is 0 Å². The Morgan fingerprint density at radius 3 is 2.65 bits per heavy atom. The summed E-state index contributed by atoms with van der Waals surface area (Å²) in [5.41, 5.74) is 7.07. The summed E-state index contributed by atoms with van der Waals surface area (Å²) in [5, 5.41) is 7.32. The number of nitrogens with zero attached hydrogens (tertiary/aromatic N) is 2. The van der Waals surface area contributed by atoms with Crippen molar-refractivity contribution in [1.29, 1.82) is 5.41 Å². The van der Waals surface area contributed by atoms with Gasteiger partial charge in [0.25, 0.3) is 0 Å². The molecule has 0 radical (unpaired) electrons. The third-order valence-corrected chi connectivity index (χ3v) is 3.13. The van der Waals surface area contributed by atoms with Gasteiger partial charge in [0.15, 0.2) is 0 Å². The van der Waals surface area contributed by atoms with Gasteiger partial charge < -0.3 is 10.6 Å². The summed E-state index contributed by atoms with van der Waals surface area (Å²) in [7, 11) is 0. The van der Waals surface area contributed by atoms with E-state index in [0.29, 0.717) is 11.7 Å². The van der Waals surface area contributed by atoms with Gasteiger partial charge in [0.2, 0.25) is 0 Å². The summed E-state index contributed by atoms with van der Waals surface area (Å²) in [4.78, 5) is 6.59. The number of nitrogens with one attached hydrogen (secondary N) is 1. The van der Waals surface area contributed by atoms with Crippen LogP contribution in [0.1, 0.15) is 32.4 Å². The molecule has 0 amide bonds. The molecule has 0 unspecified atom stereocenters. The van der Waals surface area contributed by atoms with Crippen molar-refractivity contribution in [2.24, 2.45) is 11.7 Å². The first kappa shape index (κ1) is 11.9. The molecular formula is C13H20N4. The fourth-order valence-corrected chi connectivity index (χ4v) is 1.91. The largest absolute Gasteiger partial charge is 0.382 e. The van der Waals surface area contributed by atoms with Gasteiger partial charge in [-0.1, -0.05) is 0 Å². The maximum atomic E-state index is 7.32. The Balaban J connectivity index is 2.14. The van der Waals surface area contributed by atoms with Crippen molar-refractivity contribution in [2.45, 2.75) is 32.7 Å². The van der Waals surface area contributed by atoms with Gasteiger partial charge >= 0.3 is 0 Å². The molecule has 1 fully saturated rings. The highest BCUT2D eigenvalue weighted by Gasteiger charge is 2.25. The Labute approximate surface area is 102 Å². The number of nitrogens with two attached hydrogens (primary N) is 1. The summed E-state index contributed by atoms with van der Waals surface area (Å²) in [6.07, 6.45) is 4.52. The Morgan fingerprint density at radius 2 is 2.24 bits per heavy atom. The molecule has 2 rings (SSSR count). The average molecular weight is 232 g/mol. The molecule has 0 bridgehead atoms. The molecular weight excluding hydrogens is 212 g/mol. The van der Waals surface area contributed by atoms with Crippen LogP contribution in [0, 0.1) is 11.3 Å². The van der Waals surface area contributed by atoms with Crippen LogP contribution < -0.4 is 10.6 Å². The van der Waals surface area contributed by atoms with Crippen molar-refractivity contribution >= 4 is 11.5 Å². The smallest absolute Gasteiger partial charge is 0.141 e. The summed E-state index contributed by atoms with van der Waals surface area (Å²) in [6.45, 7) is 5.50. The van der Waals surface area contributed by atoms with Crippen LogP contribution in [0.3, 0.4) is 0 Å². The van der Waals surface area contributed by atoms with E-state index in [1.54, 1.807) is 0 Å². The third kappa shape index (κ3) is 2.96. The molecule has 1 aliphatic carbocycles. The van der Waals surface area contributed by atoms with Crippen LogP contribution in [0.15, 0.2) is 18.3 Å². The molecule has 1 aliphatic rings. The zero-order chi connectivity index (χ0) is 12.4. The van der Waals surface area contributed by atoms with E-state index in [4.69, 9.17) is 11.1 Å². The Kier molecular flexibility index (Phi) is 3.31. The Morgan fingerprint density at radius 1 is 1.53 bits per heavy atom. The van der Waals surface area contributed by atoms with Gasteiger partial charge in [-0.05, 0) is 44.7 Å². The van der Waals surface area contributed by atoms with E-state index in [1.807, 2.05) is 18.3 Å². The topological polar surface area (TPSA) is 66.0 Å². The minimum absolute atomic E-state index is 0.0230. The summed E-state index contributed by atoms with van der Waals surface area (Å²) >= 11 is 0. The molecule has 17 heavy (non-hydrogen) atoms. The number of aromatic nitrogens is 1. The molecule has 4 nitrogen and oxygen atoms in total. The second-order valence-electron chi connectivity index (χ2n) is 5.00. The third-order valence-electron chi connectivity index (χ3n) is 3.13. The fourth-order valence-electron chi connectivity index (χ4n) is 1.91. The van der Waals surface area contributed by atoms with Crippen LogP contribution in [0.2, 0.25) is 0 Å². The lowest BCUT2D eigenvalue weighted by Crippen LogP contribution is -2.32. The fraction of sp³-hybridized carbons (Fsp3) is 0.538. The first-order chi connectivity index (χ1) is 8.08. The Hall–Kier alpha value is -1.58. The van der Waals surface area contributed by atoms with E-state index in [-0.39, 0.29) is 5.84 Å². The van der Waals surface area contributed by atoms with Gasteiger partial charge in [0.1, 0.15) is 11.5 Å². The molecule has 3 N–H and O–H groups in total. The number of amidine groups is 1. The van der Waals surface area contributed by atoms with Gasteiger partial charge in [0, 0.05) is 12.6 Å². The number of anilines is 1. The van der Waals surface area contributed by atoms with Crippen LogP contribution in [0.5, 0.6) is 0 Å². The highest BCUT2D eigenvalue weighted by molar-refractivity contribution is 5.93. The molecule has 92 valence electrons. The highest BCUT2D eigenvalue weighted by atomic mass is 15.2. The quantitative estimate of drug-likeness (QED) is 0.602. The molecule has 4 heteroatoms. The van der Waals surface area contributed by atoms with Crippen molar-refractivity contribution in [3.8, 4) is 0 Å². The molecule has 1 saturated carbocycles. The molecule has 0 spiro atoms. The van der Waals surface area contributed by atoms with Gasteiger partial charge in [-0.3, -0.25) is 10.4 Å². The standard InChI is InChI=1S/C13H20N4/c1-9(2)17(8-10-3-4-10)11-5-6-12(13(14)15)16-7-11/h5-7,9-10H,3-4,8H2,1-2H3,(H3,14,15). The second-order valence-corrected chi connectivity index (χ2v) is 5.00. The first-order valence-electron chi connectivity index (χ1n) is 6.15. The number of pyridine rings is 1. The van der Waals surface area contributed by atoms with Gasteiger partial charge in [-0.25, -0.2) is 0 Å². The van der Waals surface area contributed by atoms with E-state index in [1.165, 1.54) is 12.8 Å². The molecule has 0 aliphatic heterocycles. The molecule has 1 heterocycles. The zero-order valence-corrected chi connectivity index (χ0v) is 10.5. The van der Waals surface area contributed by atoms with Crippen LogP contribution >= 0.6 is 0 Å². The predicted molar refractivity (Wildman–Crippen MR) is 70.5 cm³/mol. The van der Waals surface area contributed by atoms with Crippen molar-refractivity contribution in [3.63, 3.8) is 0 Å². The van der Waals surface area contributed by atoms with E-state index in [2.05, 4.69) is 23.7 Å². The highest BCUT2D eigenvalue weighted by Crippen LogP contribution is 2.32. The molecule has 0 atom stereocenters. The molecule has 0 saturated heterocycles. The zero-order valence-electron chi connectivity index (χ0n) is 10.5. The van der Waals surface area contributed by atoms with Crippen LogP contribution in [-0.4, -0.2) is 23.4 Å². The molecule has 1 aromatic rings. The summed E-state index contributed by atoms with van der Waals surface area (Å²) in [5.74, 6) is 0.875. The lowest BCUT2D eigenvalue weighted by atomic mass is 10.2. The van der Waals surface area contributed by atoms with Crippen molar-refractivity contribution in [1.82, 2.24) is 4.98 Å². The first-order valence-corrected chi connectivity index (χ1v) is 6.15. The number of nitrogen functional groups attached to an aromatic ring is 1. The second kappa shape index (κ2) is 4.73. The van der Waals surface area contributed by atoms with Crippen molar-refractivity contribution in [2.75, 3.05) is 11.4 Å². The maximum Gasteiger partial charge on any atom is 0.141 e. The van der Waals surface area contributed by atoms with Gasteiger partial charge in [-0.2, -0.15) is 0 Å². The minimum Gasteiger partial charge on any atom is -0.382 e. The number of hydrogen-bond donors (Lipinski definition) is 2. The van der Waals surface area contributed by atoms with Crippen LogP contribution in [0.4, 0.5) is 5.69 Å². The van der Waals surface area contributed by atoms with E-state index in [9.17, 15) is 0 Å². The lowest BCUT2D eigenvalue weighted by molar-refractivity contribution is 0.643.